The molecule has 138 valence electrons. The highest BCUT2D eigenvalue weighted by Crippen LogP contribution is 2.30. The molecule has 1 heterocycles. The molecule has 0 aliphatic carbocycles. The Kier molecular flexibility index (Phi) is 6.55. The molecule has 0 radical (unpaired) electrons. The number of aromatic nitrogens is 1. The third-order valence-corrected chi connectivity index (χ3v) is 4.54. The first kappa shape index (κ1) is 20.1. The third-order valence-electron chi connectivity index (χ3n) is 3.20. The van der Waals surface area contributed by atoms with E-state index in [-0.39, 0.29) is 0 Å². The van der Waals surface area contributed by atoms with Crippen LogP contribution in [0.3, 0.4) is 0 Å². The second kappa shape index (κ2) is 8.46. The first-order chi connectivity index (χ1) is 12.2. The average molecular weight is 403 g/mol. The van der Waals surface area contributed by atoms with Crippen LogP contribution in [0.4, 0.5) is 18.9 Å². The van der Waals surface area contributed by atoms with Gasteiger partial charge in [0.25, 0.3) is 5.56 Å². The van der Waals surface area contributed by atoms with Crippen molar-refractivity contribution in [3.8, 4) is 0 Å². The minimum Gasteiger partial charge on any atom is -0.324 e. The first-order valence-electron chi connectivity index (χ1n) is 7.32. The SMILES string of the molecule is C=CCSc1ccccc1NC(=O)Cn1cc(C(F)(F)F)cc(Cl)c1=O. The molecule has 2 aromatic rings. The summed E-state index contributed by atoms with van der Waals surface area (Å²) in [5.41, 5.74) is -1.48. The lowest BCUT2D eigenvalue weighted by Crippen LogP contribution is -2.29. The number of anilines is 1. The van der Waals surface area contributed by atoms with Gasteiger partial charge in [0.15, 0.2) is 0 Å². The predicted octanol–water partition coefficient (Wildman–Crippen LogP) is 4.44. The Morgan fingerprint density at radius 2 is 2.04 bits per heavy atom. The molecule has 1 aromatic carbocycles. The van der Waals surface area contributed by atoms with Crippen molar-refractivity contribution in [1.82, 2.24) is 4.57 Å². The number of thioether (sulfide) groups is 1. The number of amides is 1. The number of pyridine rings is 1. The summed E-state index contributed by atoms with van der Waals surface area (Å²) in [6, 6.07) is 7.49. The molecule has 1 N–H and O–H groups in total. The van der Waals surface area contributed by atoms with Gasteiger partial charge in [-0.15, -0.1) is 18.3 Å². The van der Waals surface area contributed by atoms with Crippen molar-refractivity contribution < 1.29 is 18.0 Å². The van der Waals surface area contributed by atoms with Gasteiger partial charge in [0, 0.05) is 16.8 Å². The fraction of sp³-hybridized carbons (Fsp3) is 0.176. The zero-order valence-corrected chi connectivity index (χ0v) is 14.9. The molecule has 0 atom stereocenters. The van der Waals surface area contributed by atoms with Gasteiger partial charge < -0.3 is 9.88 Å². The molecule has 0 spiro atoms. The van der Waals surface area contributed by atoms with Gasteiger partial charge in [-0.3, -0.25) is 9.59 Å². The van der Waals surface area contributed by atoms with Crippen molar-refractivity contribution >= 4 is 35.0 Å². The number of hydrogen-bond acceptors (Lipinski definition) is 3. The predicted molar refractivity (Wildman–Crippen MR) is 96.7 cm³/mol. The fourth-order valence-electron chi connectivity index (χ4n) is 2.06. The second-order valence-corrected chi connectivity index (χ2v) is 6.62. The molecule has 26 heavy (non-hydrogen) atoms. The zero-order valence-electron chi connectivity index (χ0n) is 13.3. The van der Waals surface area contributed by atoms with Crippen molar-refractivity contribution in [3.05, 3.63) is 70.1 Å². The Labute approximate surface area is 156 Å². The van der Waals surface area contributed by atoms with Crippen LogP contribution in [0.5, 0.6) is 0 Å². The van der Waals surface area contributed by atoms with Crippen molar-refractivity contribution in [2.75, 3.05) is 11.1 Å². The summed E-state index contributed by atoms with van der Waals surface area (Å²) in [4.78, 5) is 24.9. The summed E-state index contributed by atoms with van der Waals surface area (Å²) >= 11 is 7.01. The molecule has 0 aliphatic rings. The van der Waals surface area contributed by atoms with Gasteiger partial charge in [0.2, 0.25) is 5.91 Å². The number of nitrogens with zero attached hydrogens (tertiary/aromatic N) is 1. The van der Waals surface area contributed by atoms with Gasteiger partial charge in [-0.2, -0.15) is 13.2 Å². The van der Waals surface area contributed by atoms with Gasteiger partial charge in [-0.25, -0.2) is 0 Å². The molecule has 1 aromatic heterocycles. The fourth-order valence-corrected chi connectivity index (χ4v) is 3.03. The van der Waals surface area contributed by atoms with E-state index in [9.17, 15) is 22.8 Å². The number of carbonyl (C=O) groups excluding carboxylic acids is 1. The van der Waals surface area contributed by atoms with Crippen molar-refractivity contribution in [1.29, 1.82) is 0 Å². The van der Waals surface area contributed by atoms with E-state index in [1.54, 1.807) is 30.3 Å². The van der Waals surface area contributed by atoms with Crippen LogP contribution in [0.25, 0.3) is 0 Å². The summed E-state index contributed by atoms with van der Waals surface area (Å²) in [5.74, 6) is -0.0237. The standard InChI is InChI=1S/C17H14ClF3N2O2S/c1-2-7-26-14-6-4-3-5-13(14)22-15(24)10-23-9-11(17(19,20)21)8-12(18)16(23)25/h2-6,8-9H,1,7,10H2,(H,22,24). The number of benzene rings is 1. The normalized spacial score (nSPS) is 11.2. The lowest BCUT2D eigenvalue weighted by Gasteiger charge is -2.13. The van der Waals surface area contributed by atoms with E-state index >= 15 is 0 Å². The summed E-state index contributed by atoms with van der Waals surface area (Å²) in [6.07, 6.45) is -2.40. The summed E-state index contributed by atoms with van der Waals surface area (Å²) in [7, 11) is 0. The maximum Gasteiger partial charge on any atom is 0.417 e. The first-order valence-corrected chi connectivity index (χ1v) is 8.68. The quantitative estimate of drug-likeness (QED) is 0.574. The molecule has 0 saturated heterocycles. The number of hydrogen-bond donors (Lipinski definition) is 1. The highest BCUT2D eigenvalue weighted by molar-refractivity contribution is 7.99. The highest BCUT2D eigenvalue weighted by atomic mass is 35.5. The van der Waals surface area contributed by atoms with Gasteiger partial charge in [0.05, 0.1) is 11.3 Å². The highest BCUT2D eigenvalue weighted by Gasteiger charge is 2.32. The maximum atomic E-state index is 12.8. The van der Waals surface area contributed by atoms with Crippen LogP contribution in [0, 0.1) is 0 Å². The zero-order chi connectivity index (χ0) is 19.3. The minimum atomic E-state index is -4.68. The minimum absolute atomic E-state index is 0.496. The Hall–Kier alpha value is -2.19. The van der Waals surface area contributed by atoms with Crippen LogP contribution in [0.2, 0.25) is 5.02 Å². The topological polar surface area (TPSA) is 51.1 Å². The molecule has 1 amide bonds. The van der Waals surface area contributed by atoms with Gasteiger partial charge >= 0.3 is 6.18 Å². The third kappa shape index (κ3) is 5.15. The molecular formula is C17H14ClF3N2O2S. The van der Waals surface area contributed by atoms with E-state index < -0.39 is 34.8 Å². The molecule has 0 saturated carbocycles. The summed E-state index contributed by atoms with van der Waals surface area (Å²) < 4.78 is 39.2. The smallest absolute Gasteiger partial charge is 0.324 e. The van der Waals surface area contributed by atoms with Crippen LogP contribution < -0.4 is 10.9 Å². The van der Waals surface area contributed by atoms with Crippen molar-refractivity contribution in [2.45, 2.75) is 17.6 Å². The molecule has 2 rings (SSSR count). The van der Waals surface area contributed by atoms with Crippen LogP contribution in [-0.4, -0.2) is 16.2 Å². The number of para-hydroxylation sites is 1. The number of alkyl halides is 3. The Balaban J connectivity index is 2.22. The Morgan fingerprint density at radius 3 is 2.69 bits per heavy atom. The molecular weight excluding hydrogens is 389 g/mol. The van der Waals surface area contributed by atoms with E-state index in [1.807, 2.05) is 0 Å². The molecule has 4 nitrogen and oxygen atoms in total. The van der Waals surface area contributed by atoms with Gasteiger partial charge in [-0.1, -0.05) is 29.8 Å². The number of nitrogens with one attached hydrogen (secondary N) is 1. The molecule has 0 fully saturated rings. The Morgan fingerprint density at radius 1 is 1.35 bits per heavy atom. The molecule has 0 unspecified atom stereocenters. The average Bonchev–Trinajstić information content (AvgIpc) is 2.57. The van der Waals surface area contributed by atoms with Crippen LogP contribution in [-0.2, 0) is 17.5 Å². The molecule has 0 aliphatic heterocycles. The number of rotatable bonds is 6. The van der Waals surface area contributed by atoms with Crippen LogP contribution in [0.1, 0.15) is 5.56 Å². The Bertz CT molecular complexity index is 881. The van der Waals surface area contributed by atoms with E-state index in [2.05, 4.69) is 11.9 Å². The largest absolute Gasteiger partial charge is 0.417 e. The van der Waals surface area contributed by atoms with Crippen LogP contribution in [0.15, 0.2) is 58.9 Å². The maximum absolute atomic E-state index is 12.8. The van der Waals surface area contributed by atoms with E-state index in [1.165, 1.54) is 11.8 Å². The van der Waals surface area contributed by atoms with Crippen molar-refractivity contribution in [3.63, 3.8) is 0 Å². The van der Waals surface area contributed by atoms with Crippen molar-refractivity contribution in [2.24, 2.45) is 0 Å². The summed E-state index contributed by atoms with van der Waals surface area (Å²) in [6.45, 7) is 3.02. The van der Waals surface area contributed by atoms with Crippen LogP contribution >= 0.6 is 23.4 Å². The monoisotopic (exact) mass is 402 g/mol. The van der Waals surface area contributed by atoms with E-state index in [4.69, 9.17) is 11.6 Å². The lowest BCUT2D eigenvalue weighted by atomic mass is 10.2. The summed E-state index contributed by atoms with van der Waals surface area (Å²) in [5, 5.41) is 1.99. The second-order valence-electron chi connectivity index (χ2n) is 5.15. The van der Waals surface area contributed by atoms with Gasteiger partial charge in [0.1, 0.15) is 11.6 Å². The van der Waals surface area contributed by atoms with E-state index in [0.29, 0.717) is 28.3 Å². The number of carbonyl (C=O) groups is 1. The lowest BCUT2D eigenvalue weighted by molar-refractivity contribution is -0.138. The molecule has 0 bridgehead atoms. The number of halogens is 4. The molecule has 9 heteroatoms. The van der Waals surface area contributed by atoms with E-state index in [0.717, 1.165) is 4.90 Å². The van der Waals surface area contributed by atoms with Gasteiger partial charge in [-0.05, 0) is 18.2 Å².